The number of hydrogen-bond acceptors (Lipinski definition) is 9. The van der Waals surface area contributed by atoms with Crippen molar-refractivity contribution in [3.05, 3.63) is 42.7 Å². The quantitative estimate of drug-likeness (QED) is 0.535. The number of rotatable bonds is 5. The molecule has 1 N–H and O–H groups in total. The highest BCUT2D eigenvalue weighted by atomic mass is 32.2. The third kappa shape index (κ3) is 3.49. The van der Waals surface area contributed by atoms with Gasteiger partial charge < -0.3 is 9.73 Å². The van der Waals surface area contributed by atoms with Crippen molar-refractivity contribution in [1.29, 1.82) is 0 Å². The summed E-state index contributed by atoms with van der Waals surface area (Å²) in [6, 6.07) is 9.02. The van der Waals surface area contributed by atoms with E-state index in [1.807, 2.05) is 12.1 Å². The van der Waals surface area contributed by atoms with Crippen LogP contribution in [0.15, 0.2) is 52.4 Å². The van der Waals surface area contributed by atoms with Crippen LogP contribution in [0.5, 0.6) is 0 Å². The van der Waals surface area contributed by atoms with Crippen LogP contribution >= 0.6 is 23.5 Å². The Labute approximate surface area is 150 Å². The van der Waals surface area contributed by atoms with Crippen LogP contribution < -0.4 is 5.32 Å². The Morgan fingerprint density at radius 3 is 2.92 bits per heavy atom. The molecule has 3 aromatic heterocycles. The fourth-order valence-corrected chi connectivity index (χ4v) is 3.21. The molecule has 3 heterocycles. The highest BCUT2D eigenvalue weighted by Gasteiger charge is 2.13. The largest absolute Gasteiger partial charge is 0.411 e. The minimum absolute atomic E-state index is 0.145. The number of nitrogens with zero attached hydrogens (tertiary/aromatic N) is 5. The number of carbonyl (C=O) groups is 1. The van der Waals surface area contributed by atoms with E-state index in [-0.39, 0.29) is 11.7 Å². The number of benzene rings is 1. The molecular formula is C15H10N6O2S2. The average Bonchev–Trinajstić information content (AvgIpc) is 3.31. The fraction of sp³-hybridized carbons (Fsp3) is 0.0667. The van der Waals surface area contributed by atoms with Gasteiger partial charge in [-0.1, -0.05) is 17.8 Å². The third-order valence-electron chi connectivity index (χ3n) is 3.22. The van der Waals surface area contributed by atoms with Crippen molar-refractivity contribution in [3.8, 4) is 11.5 Å². The zero-order chi connectivity index (χ0) is 17.1. The van der Waals surface area contributed by atoms with Crippen LogP contribution in [0.2, 0.25) is 0 Å². The summed E-state index contributed by atoms with van der Waals surface area (Å²) in [5, 5.41) is 11.1. The molecule has 0 aliphatic carbocycles. The molecule has 0 bridgehead atoms. The first-order valence-electron chi connectivity index (χ1n) is 7.17. The lowest BCUT2D eigenvalue weighted by atomic mass is 10.2. The van der Waals surface area contributed by atoms with Gasteiger partial charge >= 0.3 is 0 Å². The van der Waals surface area contributed by atoms with Crippen molar-refractivity contribution in [3.63, 3.8) is 0 Å². The third-order valence-corrected chi connectivity index (χ3v) is 4.58. The molecule has 0 aliphatic rings. The van der Waals surface area contributed by atoms with Crippen LogP contribution in [0, 0.1) is 0 Å². The molecule has 0 saturated heterocycles. The molecule has 0 saturated carbocycles. The number of hydrogen-bond donors (Lipinski definition) is 1. The molecule has 0 fully saturated rings. The Balaban J connectivity index is 1.39. The van der Waals surface area contributed by atoms with E-state index in [4.69, 9.17) is 4.42 Å². The van der Waals surface area contributed by atoms with Crippen LogP contribution in [-0.4, -0.2) is 35.6 Å². The van der Waals surface area contributed by atoms with Gasteiger partial charge in [-0.05, 0) is 24.3 Å². The van der Waals surface area contributed by atoms with E-state index in [9.17, 15) is 4.79 Å². The zero-order valence-electron chi connectivity index (χ0n) is 12.6. The summed E-state index contributed by atoms with van der Waals surface area (Å²) in [5.41, 5.74) is 2.86. The van der Waals surface area contributed by atoms with Crippen molar-refractivity contribution in [2.24, 2.45) is 0 Å². The zero-order valence-corrected chi connectivity index (χ0v) is 14.3. The fourth-order valence-electron chi connectivity index (χ4n) is 2.10. The average molecular weight is 370 g/mol. The number of thioether (sulfide) groups is 1. The second-order valence-corrected chi connectivity index (χ2v) is 6.34. The summed E-state index contributed by atoms with van der Waals surface area (Å²) in [7, 11) is 0. The van der Waals surface area contributed by atoms with Crippen LogP contribution in [-0.2, 0) is 4.79 Å². The van der Waals surface area contributed by atoms with Gasteiger partial charge in [-0.2, -0.15) is 8.75 Å². The monoisotopic (exact) mass is 370 g/mol. The van der Waals surface area contributed by atoms with Gasteiger partial charge in [0.15, 0.2) is 0 Å². The van der Waals surface area contributed by atoms with Gasteiger partial charge in [0.1, 0.15) is 11.0 Å². The molecule has 0 atom stereocenters. The Kier molecular flexibility index (Phi) is 4.36. The number of aromatic nitrogens is 5. The molecule has 1 amide bonds. The second kappa shape index (κ2) is 6.95. The second-order valence-electron chi connectivity index (χ2n) is 4.88. The molecule has 0 spiro atoms. The maximum Gasteiger partial charge on any atom is 0.277 e. The van der Waals surface area contributed by atoms with Gasteiger partial charge in [-0.3, -0.25) is 9.78 Å². The smallest absolute Gasteiger partial charge is 0.277 e. The predicted octanol–water partition coefficient (Wildman–Crippen LogP) is 2.87. The van der Waals surface area contributed by atoms with Gasteiger partial charge in [0.2, 0.25) is 11.8 Å². The van der Waals surface area contributed by atoms with Gasteiger partial charge in [0, 0.05) is 18.0 Å². The summed E-state index contributed by atoms with van der Waals surface area (Å²) in [5.74, 6) is 0.351. The molecule has 4 rings (SSSR count). The summed E-state index contributed by atoms with van der Waals surface area (Å²) in [4.78, 5) is 16.1. The van der Waals surface area contributed by atoms with Gasteiger partial charge in [-0.25, -0.2) is 0 Å². The first kappa shape index (κ1) is 15.7. The van der Waals surface area contributed by atoms with Crippen molar-refractivity contribution < 1.29 is 9.21 Å². The molecule has 0 radical (unpaired) electrons. The molecule has 4 aromatic rings. The van der Waals surface area contributed by atoms with Crippen molar-refractivity contribution in [1.82, 2.24) is 23.9 Å². The predicted molar refractivity (Wildman–Crippen MR) is 94.3 cm³/mol. The number of fused-ring (bicyclic) bond motifs is 1. The van der Waals surface area contributed by atoms with Gasteiger partial charge in [0.25, 0.3) is 5.22 Å². The molecule has 0 aliphatic heterocycles. The van der Waals surface area contributed by atoms with Crippen LogP contribution in [0.1, 0.15) is 0 Å². The van der Waals surface area contributed by atoms with E-state index < -0.39 is 0 Å². The highest BCUT2D eigenvalue weighted by Crippen LogP contribution is 2.24. The molecule has 25 heavy (non-hydrogen) atoms. The summed E-state index contributed by atoms with van der Waals surface area (Å²) >= 11 is 2.28. The lowest BCUT2D eigenvalue weighted by Gasteiger charge is -2.03. The first-order chi connectivity index (χ1) is 12.3. The van der Waals surface area contributed by atoms with Crippen LogP contribution in [0.25, 0.3) is 22.5 Å². The SMILES string of the molecule is O=C(CSc1nnc(-c2ccncc2)o1)Nc1cccc2nsnc12. The van der Waals surface area contributed by atoms with Crippen molar-refractivity contribution in [2.75, 3.05) is 11.1 Å². The summed E-state index contributed by atoms with van der Waals surface area (Å²) < 4.78 is 13.9. The molecular weight excluding hydrogens is 360 g/mol. The Hall–Kier alpha value is -2.85. The lowest BCUT2D eigenvalue weighted by Crippen LogP contribution is -2.14. The molecule has 8 nitrogen and oxygen atoms in total. The number of carbonyl (C=O) groups excluding carboxylic acids is 1. The van der Waals surface area contributed by atoms with Crippen LogP contribution in [0.4, 0.5) is 5.69 Å². The summed E-state index contributed by atoms with van der Waals surface area (Å²) in [6.45, 7) is 0. The Bertz CT molecular complexity index is 1020. The highest BCUT2D eigenvalue weighted by molar-refractivity contribution is 7.99. The molecule has 1 aromatic carbocycles. The molecule has 124 valence electrons. The normalized spacial score (nSPS) is 10.9. The Morgan fingerprint density at radius 1 is 1.16 bits per heavy atom. The van der Waals surface area contributed by atoms with E-state index in [1.54, 1.807) is 30.6 Å². The molecule has 0 unspecified atom stereocenters. The van der Waals surface area contributed by atoms with Gasteiger partial charge in [0.05, 0.1) is 23.2 Å². The van der Waals surface area contributed by atoms with Gasteiger partial charge in [-0.15, -0.1) is 10.2 Å². The van der Waals surface area contributed by atoms with E-state index >= 15 is 0 Å². The van der Waals surface area contributed by atoms with Crippen molar-refractivity contribution >= 4 is 46.1 Å². The molecule has 10 heteroatoms. The van der Waals surface area contributed by atoms with E-state index in [0.717, 1.165) is 22.8 Å². The van der Waals surface area contributed by atoms with E-state index in [0.29, 0.717) is 22.3 Å². The number of nitrogens with one attached hydrogen (secondary N) is 1. The summed E-state index contributed by atoms with van der Waals surface area (Å²) in [6.07, 6.45) is 3.29. The minimum atomic E-state index is -0.186. The topological polar surface area (TPSA) is 107 Å². The first-order valence-corrected chi connectivity index (χ1v) is 8.89. The number of amides is 1. The lowest BCUT2D eigenvalue weighted by molar-refractivity contribution is -0.113. The maximum atomic E-state index is 12.2. The van der Waals surface area contributed by atoms with E-state index in [1.165, 1.54) is 11.8 Å². The number of pyridine rings is 1. The van der Waals surface area contributed by atoms with Crippen LogP contribution in [0.3, 0.4) is 0 Å². The van der Waals surface area contributed by atoms with E-state index in [2.05, 4.69) is 29.2 Å². The van der Waals surface area contributed by atoms with Crippen molar-refractivity contribution in [2.45, 2.75) is 5.22 Å². The maximum absolute atomic E-state index is 12.2. The minimum Gasteiger partial charge on any atom is -0.411 e. The standard InChI is InChI=1S/C15H10N6O2S2/c22-12(17-10-2-1-3-11-13(10)21-25-20-11)8-24-15-19-18-14(23-15)9-4-6-16-7-5-9/h1-7H,8H2,(H,17,22). The number of anilines is 1. The Morgan fingerprint density at radius 2 is 2.04 bits per heavy atom.